The Morgan fingerprint density at radius 2 is 1.80 bits per heavy atom. The first-order valence-corrected chi connectivity index (χ1v) is 8.90. The quantitative estimate of drug-likeness (QED) is 0.713. The van der Waals surface area contributed by atoms with Gasteiger partial charge in [-0.15, -0.1) is 0 Å². The summed E-state index contributed by atoms with van der Waals surface area (Å²) in [5.41, 5.74) is -0.585. The van der Waals surface area contributed by atoms with E-state index in [0.29, 0.717) is 25.6 Å². The molecule has 1 aliphatic heterocycles. The highest BCUT2D eigenvalue weighted by Gasteiger charge is 2.22. The minimum Gasteiger partial charge on any atom is -0.444 e. The Kier molecular flexibility index (Phi) is 8.45. The average Bonchev–Trinajstić information content (AvgIpc) is 2.55. The molecule has 142 valence electrons. The highest BCUT2D eigenvalue weighted by Crippen LogP contribution is 2.16. The van der Waals surface area contributed by atoms with Gasteiger partial charge in [0, 0.05) is 19.6 Å². The maximum atomic E-state index is 11.9. The molecule has 0 unspecified atom stereocenters. The smallest absolute Gasteiger partial charge is 0.408 e. The third-order valence-corrected chi connectivity index (χ3v) is 3.80. The number of likely N-dealkylation sites (tertiary alicyclic amines) is 1. The number of rotatable bonds is 6. The molecule has 0 spiro atoms. The molecule has 1 heterocycles. The first-order valence-electron chi connectivity index (χ1n) is 8.90. The van der Waals surface area contributed by atoms with Crippen molar-refractivity contribution in [1.82, 2.24) is 15.5 Å². The zero-order valence-corrected chi connectivity index (χ0v) is 15.8. The average molecular weight is 353 g/mol. The first-order chi connectivity index (χ1) is 11.7. The van der Waals surface area contributed by atoms with E-state index in [2.05, 4.69) is 10.6 Å². The van der Waals surface area contributed by atoms with Gasteiger partial charge in [0.05, 0.1) is 6.54 Å². The van der Waals surface area contributed by atoms with Crippen molar-refractivity contribution in [3.63, 3.8) is 0 Å². The van der Waals surface area contributed by atoms with Crippen LogP contribution in [0, 0.1) is 5.92 Å². The standard InChI is InChI=1S/C18H31N3O4/c1-5-6-7-16(23)21-10-8-14(9-11-21)12-19-15(22)13-20-17(24)25-18(2,3)4/h6-7,14H,5,8-13H2,1-4H3,(H,19,22)(H,20,24)/b7-6+. The van der Waals surface area contributed by atoms with Crippen LogP contribution in [0.15, 0.2) is 12.2 Å². The van der Waals surface area contributed by atoms with Crippen LogP contribution in [-0.2, 0) is 14.3 Å². The lowest BCUT2D eigenvalue weighted by molar-refractivity contribution is -0.127. The molecule has 1 fully saturated rings. The van der Waals surface area contributed by atoms with E-state index in [0.717, 1.165) is 19.3 Å². The van der Waals surface area contributed by atoms with Crippen molar-refractivity contribution in [2.45, 2.75) is 52.6 Å². The summed E-state index contributed by atoms with van der Waals surface area (Å²) in [4.78, 5) is 37.0. The molecule has 2 N–H and O–H groups in total. The number of nitrogens with zero attached hydrogens (tertiary/aromatic N) is 1. The fourth-order valence-electron chi connectivity index (χ4n) is 2.47. The lowest BCUT2D eigenvalue weighted by Crippen LogP contribution is -2.43. The van der Waals surface area contributed by atoms with Crippen LogP contribution in [0.25, 0.3) is 0 Å². The van der Waals surface area contributed by atoms with E-state index < -0.39 is 11.7 Å². The predicted molar refractivity (Wildman–Crippen MR) is 96.0 cm³/mol. The molecule has 0 aliphatic carbocycles. The summed E-state index contributed by atoms with van der Waals surface area (Å²) < 4.78 is 5.07. The number of carbonyl (C=O) groups is 3. The van der Waals surface area contributed by atoms with Crippen molar-refractivity contribution in [2.24, 2.45) is 5.92 Å². The third-order valence-electron chi connectivity index (χ3n) is 3.80. The summed E-state index contributed by atoms with van der Waals surface area (Å²) in [5, 5.41) is 5.26. The minimum absolute atomic E-state index is 0.0610. The molecule has 1 saturated heterocycles. The van der Waals surface area contributed by atoms with E-state index in [1.165, 1.54) is 0 Å². The van der Waals surface area contributed by atoms with Gasteiger partial charge in [-0.3, -0.25) is 9.59 Å². The van der Waals surface area contributed by atoms with Crippen molar-refractivity contribution in [3.8, 4) is 0 Å². The molecule has 0 aromatic heterocycles. The van der Waals surface area contributed by atoms with Crippen molar-refractivity contribution in [3.05, 3.63) is 12.2 Å². The van der Waals surface area contributed by atoms with Gasteiger partial charge in [0.25, 0.3) is 0 Å². The summed E-state index contributed by atoms with van der Waals surface area (Å²) in [5.74, 6) is 0.172. The van der Waals surface area contributed by atoms with Crippen molar-refractivity contribution in [2.75, 3.05) is 26.2 Å². The van der Waals surface area contributed by atoms with E-state index in [9.17, 15) is 14.4 Å². The normalized spacial score (nSPS) is 15.9. The van der Waals surface area contributed by atoms with Gasteiger partial charge in [0.15, 0.2) is 0 Å². The Bertz CT molecular complexity index is 489. The molecular formula is C18H31N3O4. The molecule has 7 heteroatoms. The summed E-state index contributed by atoms with van der Waals surface area (Å²) in [6.07, 6.45) is 5.48. The summed E-state index contributed by atoms with van der Waals surface area (Å²) in [6.45, 7) is 9.17. The maximum Gasteiger partial charge on any atom is 0.408 e. The van der Waals surface area contributed by atoms with Crippen LogP contribution < -0.4 is 10.6 Å². The van der Waals surface area contributed by atoms with Crippen LogP contribution in [0.2, 0.25) is 0 Å². The summed E-state index contributed by atoms with van der Waals surface area (Å²) >= 11 is 0. The predicted octanol–water partition coefficient (Wildman–Crippen LogP) is 1.83. The zero-order chi connectivity index (χ0) is 18.9. The SMILES string of the molecule is CC/C=C/C(=O)N1CCC(CNC(=O)CNC(=O)OC(C)(C)C)CC1. The first kappa shape index (κ1) is 21.0. The fourth-order valence-corrected chi connectivity index (χ4v) is 2.47. The Morgan fingerprint density at radius 1 is 1.16 bits per heavy atom. The molecule has 25 heavy (non-hydrogen) atoms. The van der Waals surface area contributed by atoms with Crippen molar-refractivity contribution in [1.29, 1.82) is 0 Å². The Labute approximate surface area is 150 Å². The van der Waals surface area contributed by atoms with Gasteiger partial charge in [0.2, 0.25) is 11.8 Å². The van der Waals surface area contributed by atoms with Gasteiger partial charge in [-0.1, -0.05) is 13.0 Å². The van der Waals surface area contributed by atoms with Gasteiger partial charge in [-0.2, -0.15) is 0 Å². The monoisotopic (exact) mass is 353 g/mol. The summed E-state index contributed by atoms with van der Waals surface area (Å²) in [7, 11) is 0. The largest absolute Gasteiger partial charge is 0.444 e. The summed E-state index contributed by atoms with van der Waals surface area (Å²) in [6, 6.07) is 0. The van der Waals surface area contributed by atoms with Gasteiger partial charge in [-0.25, -0.2) is 4.79 Å². The number of carbonyl (C=O) groups excluding carboxylic acids is 3. The van der Waals surface area contributed by atoms with E-state index in [4.69, 9.17) is 4.74 Å². The van der Waals surface area contributed by atoms with E-state index in [1.54, 1.807) is 26.8 Å². The van der Waals surface area contributed by atoms with Crippen LogP contribution >= 0.6 is 0 Å². The Hall–Kier alpha value is -2.05. The number of alkyl carbamates (subject to hydrolysis) is 1. The van der Waals surface area contributed by atoms with Crippen LogP contribution in [0.1, 0.15) is 47.0 Å². The molecule has 7 nitrogen and oxygen atoms in total. The highest BCUT2D eigenvalue weighted by atomic mass is 16.6. The second-order valence-corrected chi connectivity index (χ2v) is 7.24. The Morgan fingerprint density at radius 3 is 2.36 bits per heavy atom. The van der Waals surface area contributed by atoms with Gasteiger partial charge in [-0.05, 0) is 52.0 Å². The molecule has 3 amide bonds. The molecule has 0 aromatic rings. The number of hydrogen-bond donors (Lipinski definition) is 2. The number of hydrogen-bond acceptors (Lipinski definition) is 4. The number of ether oxygens (including phenoxy) is 1. The van der Waals surface area contributed by atoms with Gasteiger partial charge < -0.3 is 20.3 Å². The molecule has 1 rings (SSSR count). The Balaban J connectivity index is 2.20. The minimum atomic E-state index is -0.602. The van der Waals surface area contributed by atoms with Crippen molar-refractivity contribution >= 4 is 17.9 Å². The molecule has 0 saturated carbocycles. The lowest BCUT2D eigenvalue weighted by atomic mass is 9.96. The van der Waals surface area contributed by atoms with Crippen LogP contribution in [0.5, 0.6) is 0 Å². The van der Waals surface area contributed by atoms with E-state index in [-0.39, 0.29) is 18.4 Å². The number of allylic oxidation sites excluding steroid dienone is 1. The number of nitrogens with one attached hydrogen (secondary N) is 2. The van der Waals surface area contributed by atoms with Crippen molar-refractivity contribution < 1.29 is 19.1 Å². The maximum absolute atomic E-state index is 11.9. The molecule has 0 atom stereocenters. The molecule has 1 aliphatic rings. The molecule has 0 radical (unpaired) electrons. The van der Waals surface area contributed by atoms with Crippen LogP contribution in [0.3, 0.4) is 0 Å². The van der Waals surface area contributed by atoms with Gasteiger partial charge in [0.1, 0.15) is 5.60 Å². The van der Waals surface area contributed by atoms with Crippen LogP contribution in [-0.4, -0.2) is 54.6 Å². The highest BCUT2D eigenvalue weighted by molar-refractivity contribution is 5.87. The molecule has 0 bridgehead atoms. The third kappa shape index (κ3) is 9.12. The molecular weight excluding hydrogens is 322 g/mol. The second kappa shape index (κ2) is 10.1. The van der Waals surface area contributed by atoms with E-state index in [1.807, 2.05) is 17.9 Å². The second-order valence-electron chi connectivity index (χ2n) is 7.24. The number of piperidine rings is 1. The zero-order valence-electron chi connectivity index (χ0n) is 15.8. The van der Waals surface area contributed by atoms with Gasteiger partial charge >= 0.3 is 6.09 Å². The lowest BCUT2D eigenvalue weighted by Gasteiger charge is -2.31. The topological polar surface area (TPSA) is 87.7 Å². The fraction of sp³-hybridized carbons (Fsp3) is 0.722. The van der Waals surface area contributed by atoms with E-state index >= 15 is 0 Å². The molecule has 0 aromatic carbocycles. The van der Waals surface area contributed by atoms with Crippen LogP contribution in [0.4, 0.5) is 4.79 Å². The number of amides is 3.